The van der Waals surface area contributed by atoms with E-state index in [9.17, 15) is 5.11 Å². The standard InChI is InChI=1S/C39H31N2O2.Pt/c1-24-19-26(30-14-10-16-35-37(30)41-38(43-35)31-13-8-9-15-34(31)42)21-27(20-24)32-22-28(39(2,3)4)23-33-29(17-18-40-36(32)33)25-11-6-5-7-12-25;/h5-20,22-23,42H,1-4H3;/q-1;. The molecule has 0 spiro atoms. The zero-order valence-corrected chi connectivity index (χ0v) is 27.2. The number of phenols is 1. The number of para-hydroxylation sites is 2. The first-order chi connectivity index (χ1) is 20.8. The van der Waals surface area contributed by atoms with Gasteiger partial charge >= 0.3 is 0 Å². The van der Waals surface area contributed by atoms with Gasteiger partial charge in [0.05, 0.1) is 11.1 Å². The summed E-state index contributed by atoms with van der Waals surface area (Å²) in [7, 11) is 0. The molecule has 2 aromatic heterocycles. The number of oxazole rings is 1. The Kier molecular flexibility index (Phi) is 7.73. The third kappa shape index (κ3) is 5.35. The molecule has 4 nitrogen and oxygen atoms in total. The molecule has 2 heterocycles. The van der Waals surface area contributed by atoms with E-state index in [0.717, 1.165) is 49.8 Å². The van der Waals surface area contributed by atoms with Crippen LogP contribution in [0.25, 0.3) is 66.8 Å². The SMILES string of the molecule is Cc1cc(-c2cccc3oc(-c4ccccc4O)nc23)[c-]c(-c2cc(C(C)(C)C)cc3c(-c4ccccc4)ccnc23)c1.[Pt]. The summed E-state index contributed by atoms with van der Waals surface area (Å²) in [6, 6.07) is 38.2. The average molecular weight is 755 g/mol. The number of aryl methyl sites for hydroxylation is 1. The van der Waals surface area contributed by atoms with Crippen molar-refractivity contribution in [3.63, 3.8) is 0 Å². The first-order valence-corrected chi connectivity index (χ1v) is 14.5. The second kappa shape index (κ2) is 11.5. The molecule has 0 saturated heterocycles. The van der Waals surface area contributed by atoms with Gasteiger partial charge in [0.15, 0.2) is 0 Å². The molecule has 1 N–H and O–H groups in total. The summed E-state index contributed by atoms with van der Waals surface area (Å²) >= 11 is 0. The number of rotatable bonds is 4. The van der Waals surface area contributed by atoms with Crippen molar-refractivity contribution in [2.24, 2.45) is 0 Å². The van der Waals surface area contributed by atoms with Gasteiger partial charge in [-0.2, -0.15) is 0 Å². The summed E-state index contributed by atoms with van der Waals surface area (Å²) in [5, 5.41) is 11.5. The molecule has 0 fully saturated rings. The number of hydrogen-bond donors (Lipinski definition) is 1. The predicted octanol–water partition coefficient (Wildman–Crippen LogP) is 10.2. The minimum atomic E-state index is -0.0644. The predicted molar refractivity (Wildman–Crippen MR) is 175 cm³/mol. The van der Waals surface area contributed by atoms with E-state index in [1.54, 1.807) is 18.2 Å². The van der Waals surface area contributed by atoms with E-state index in [2.05, 4.69) is 88.4 Å². The zero-order valence-electron chi connectivity index (χ0n) is 25.0. The summed E-state index contributed by atoms with van der Waals surface area (Å²) in [5.74, 6) is 0.517. The van der Waals surface area contributed by atoms with Crippen LogP contribution in [0.4, 0.5) is 0 Å². The summed E-state index contributed by atoms with van der Waals surface area (Å²) in [4.78, 5) is 9.76. The Hall–Kier alpha value is -4.53. The number of aromatic nitrogens is 2. The maximum Gasteiger partial charge on any atom is 0.230 e. The van der Waals surface area contributed by atoms with Crippen LogP contribution in [0.5, 0.6) is 5.75 Å². The number of pyridine rings is 1. The quantitative estimate of drug-likeness (QED) is 0.182. The Labute approximate surface area is 271 Å². The topological polar surface area (TPSA) is 59.2 Å². The van der Waals surface area contributed by atoms with Crippen LogP contribution in [0.2, 0.25) is 0 Å². The molecular formula is C39H31N2O2Pt-. The summed E-state index contributed by atoms with van der Waals surface area (Å²) in [6.07, 6.45) is 1.90. The Morgan fingerprint density at radius 2 is 1.41 bits per heavy atom. The van der Waals surface area contributed by atoms with Crippen LogP contribution < -0.4 is 0 Å². The van der Waals surface area contributed by atoms with Crippen molar-refractivity contribution in [1.82, 2.24) is 9.97 Å². The molecule has 7 rings (SSSR count). The summed E-state index contributed by atoms with van der Waals surface area (Å²) in [5.41, 5.74) is 11.4. The van der Waals surface area contributed by atoms with Gasteiger partial charge in [-0.3, -0.25) is 4.98 Å². The van der Waals surface area contributed by atoms with Gasteiger partial charge in [-0.15, -0.1) is 34.9 Å². The van der Waals surface area contributed by atoms with Crippen molar-refractivity contribution in [3.8, 4) is 50.6 Å². The van der Waals surface area contributed by atoms with E-state index in [0.29, 0.717) is 17.0 Å². The van der Waals surface area contributed by atoms with Crippen LogP contribution in [-0.4, -0.2) is 15.1 Å². The van der Waals surface area contributed by atoms with Gasteiger partial charge < -0.3 is 9.52 Å². The number of phenolic OH excluding ortho intramolecular Hbond substituents is 1. The average Bonchev–Trinajstić information content (AvgIpc) is 3.44. The van der Waals surface area contributed by atoms with Crippen LogP contribution in [0.3, 0.4) is 0 Å². The van der Waals surface area contributed by atoms with Gasteiger partial charge in [-0.1, -0.05) is 99.5 Å². The molecule has 0 unspecified atom stereocenters. The van der Waals surface area contributed by atoms with Gasteiger partial charge in [0, 0.05) is 38.2 Å². The third-order valence-corrected chi connectivity index (χ3v) is 7.94. The number of hydrogen-bond acceptors (Lipinski definition) is 4. The molecule has 220 valence electrons. The van der Waals surface area contributed by atoms with Crippen molar-refractivity contribution in [2.45, 2.75) is 33.1 Å². The molecule has 7 aromatic rings. The first-order valence-electron chi connectivity index (χ1n) is 14.5. The van der Waals surface area contributed by atoms with Crippen molar-refractivity contribution in [3.05, 3.63) is 127 Å². The van der Waals surface area contributed by atoms with Crippen LogP contribution in [0, 0.1) is 13.0 Å². The Morgan fingerprint density at radius 3 is 2.16 bits per heavy atom. The molecule has 0 bridgehead atoms. The minimum Gasteiger partial charge on any atom is -0.507 e. The Bertz CT molecular complexity index is 2140. The monoisotopic (exact) mass is 754 g/mol. The van der Waals surface area contributed by atoms with Crippen molar-refractivity contribution in [1.29, 1.82) is 0 Å². The van der Waals surface area contributed by atoms with Gasteiger partial charge in [0.25, 0.3) is 0 Å². The minimum absolute atomic E-state index is 0. The van der Waals surface area contributed by atoms with E-state index in [-0.39, 0.29) is 32.2 Å². The van der Waals surface area contributed by atoms with Crippen LogP contribution in [0.1, 0.15) is 31.9 Å². The zero-order chi connectivity index (χ0) is 29.7. The summed E-state index contributed by atoms with van der Waals surface area (Å²) < 4.78 is 6.11. The third-order valence-electron chi connectivity index (χ3n) is 7.94. The van der Waals surface area contributed by atoms with E-state index in [1.807, 2.05) is 36.5 Å². The second-order valence-corrected chi connectivity index (χ2v) is 12.1. The fraction of sp³-hybridized carbons (Fsp3) is 0.128. The van der Waals surface area contributed by atoms with Gasteiger partial charge in [0.2, 0.25) is 5.89 Å². The van der Waals surface area contributed by atoms with E-state index in [4.69, 9.17) is 14.4 Å². The van der Waals surface area contributed by atoms with Crippen molar-refractivity contribution < 1.29 is 30.6 Å². The summed E-state index contributed by atoms with van der Waals surface area (Å²) in [6.45, 7) is 8.84. The van der Waals surface area contributed by atoms with E-state index >= 15 is 0 Å². The van der Waals surface area contributed by atoms with Crippen molar-refractivity contribution in [2.75, 3.05) is 0 Å². The first kappa shape index (κ1) is 29.5. The van der Waals surface area contributed by atoms with Crippen LogP contribution >= 0.6 is 0 Å². The van der Waals surface area contributed by atoms with Gasteiger partial charge in [0.1, 0.15) is 11.3 Å². The normalized spacial score (nSPS) is 11.5. The number of aromatic hydroxyl groups is 1. The molecule has 0 radical (unpaired) electrons. The fourth-order valence-corrected chi connectivity index (χ4v) is 5.70. The second-order valence-electron chi connectivity index (χ2n) is 12.1. The van der Waals surface area contributed by atoms with Gasteiger partial charge in [-0.25, -0.2) is 4.98 Å². The van der Waals surface area contributed by atoms with Gasteiger partial charge in [-0.05, 0) is 52.4 Å². The number of nitrogens with zero attached hydrogens (tertiary/aromatic N) is 2. The molecule has 44 heavy (non-hydrogen) atoms. The maximum absolute atomic E-state index is 10.4. The smallest absolute Gasteiger partial charge is 0.230 e. The molecule has 0 atom stereocenters. The number of fused-ring (bicyclic) bond motifs is 2. The largest absolute Gasteiger partial charge is 0.507 e. The molecule has 0 aliphatic heterocycles. The van der Waals surface area contributed by atoms with E-state index in [1.165, 1.54) is 11.1 Å². The Morgan fingerprint density at radius 1 is 0.705 bits per heavy atom. The molecule has 5 aromatic carbocycles. The van der Waals surface area contributed by atoms with E-state index < -0.39 is 0 Å². The molecule has 0 saturated carbocycles. The molecule has 0 aliphatic carbocycles. The molecule has 5 heteroatoms. The maximum atomic E-state index is 10.4. The molecule has 0 aliphatic rings. The molecule has 0 amide bonds. The number of benzene rings is 5. The van der Waals surface area contributed by atoms with Crippen molar-refractivity contribution >= 4 is 22.0 Å². The Balaban J connectivity index is 0.00000343. The fourth-order valence-electron chi connectivity index (χ4n) is 5.70. The van der Waals surface area contributed by atoms with Crippen LogP contribution in [0.15, 0.2) is 114 Å². The molecular weight excluding hydrogens is 724 g/mol. The van der Waals surface area contributed by atoms with Crippen LogP contribution in [-0.2, 0) is 26.5 Å².